The molecule has 106 valence electrons. The molecule has 0 spiro atoms. The predicted octanol–water partition coefficient (Wildman–Crippen LogP) is 2.07. The number of ether oxygens (including phenoxy) is 1. The lowest BCUT2D eigenvalue weighted by Crippen LogP contribution is -2.34. The van der Waals surface area contributed by atoms with Crippen LogP contribution in [0.3, 0.4) is 0 Å². The lowest BCUT2D eigenvalue weighted by atomic mass is 10.3. The number of benzene rings is 1. The number of hydrogen-bond acceptors (Lipinski definition) is 4. The number of esters is 1. The molecule has 0 fully saturated rings. The van der Waals surface area contributed by atoms with Crippen molar-refractivity contribution in [2.24, 2.45) is 0 Å². The van der Waals surface area contributed by atoms with E-state index in [4.69, 9.17) is 4.74 Å². The van der Waals surface area contributed by atoms with Crippen molar-refractivity contribution < 1.29 is 17.9 Å². The van der Waals surface area contributed by atoms with Crippen molar-refractivity contribution in [2.45, 2.75) is 31.2 Å². The second-order valence-corrected chi connectivity index (χ2v) is 6.62. The minimum atomic E-state index is -3.63. The zero-order valence-corrected chi connectivity index (χ0v) is 13.1. The Labute approximate surface area is 121 Å². The van der Waals surface area contributed by atoms with Crippen LogP contribution >= 0.6 is 15.9 Å². The van der Waals surface area contributed by atoms with E-state index in [0.29, 0.717) is 4.47 Å². The molecule has 19 heavy (non-hydrogen) atoms. The molecule has 0 heterocycles. The molecule has 0 saturated carbocycles. The monoisotopic (exact) mass is 349 g/mol. The highest BCUT2D eigenvalue weighted by Gasteiger charge is 2.19. The molecule has 1 aromatic rings. The first kappa shape index (κ1) is 16.1. The Morgan fingerprint density at radius 1 is 1.47 bits per heavy atom. The standard InChI is InChI=1S/C12H16BrNO4S/c1-3-18-12(15)7-9(2)14-19(16,17)11-6-4-5-10(13)8-11/h4-6,8-9,14H,3,7H2,1-2H3. The summed E-state index contributed by atoms with van der Waals surface area (Å²) in [6.07, 6.45) is 0.00106. The summed E-state index contributed by atoms with van der Waals surface area (Å²) in [5, 5.41) is 0. The molecule has 1 atom stereocenters. The van der Waals surface area contributed by atoms with Crippen LogP contribution in [-0.2, 0) is 19.6 Å². The van der Waals surface area contributed by atoms with Crippen molar-refractivity contribution in [1.29, 1.82) is 0 Å². The molecule has 7 heteroatoms. The minimum Gasteiger partial charge on any atom is -0.466 e. The molecular formula is C12H16BrNO4S. The SMILES string of the molecule is CCOC(=O)CC(C)NS(=O)(=O)c1cccc(Br)c1. The zero-order valence-electron chi connectivity index (χ0n) is 10.7. The summed E-state index contributed by atoms with van der Waals surface area (Å²) in [5.41, 5.74) is 0. The van der Waals surface area contributed by atoms with Crippen LogP contribution in [0.5, 0.6) is 0 Å². The molecule has 1 aromatic carbocycles. The second-order valence-electron chi connectivity index (χ2n) is 3.99. The topological polar surface area (TPSA) is 72.5 Å². The molecule has 1 N–H and O–H groups in total. The molecule has 5 nitrogen and oxygen atoms in total. The van der Waals surface area contributed by atoms with E-state index in [9.17, 15) is 13.2 Å². The van der Waals surface area contributed by atoms with E-state index in [-0.39, 0.29) is 17.9 Å². The molecule has 0 aliphatic carbocycles. The van der Waals surface area contributed by atoms with Crippen molar-refractivity contribution in [3.8, 4) is 0 Å². The van der Waals surface area contributed by atoms with Crippen LogP contribution in [0.1, 0.15) is 20.3 Å². The van der Waals surface area contributed by atoms with Gasteiger partial charge in [-0.15, -0.1) is 0 Å². The van der Waals surface area contributed by atoms with Crippen molar-refractivity contribution >= 4 is 31.9 Å². The maximum atomic E-state index is 12.1. The zero-order chi connectivity index (χ0) is 14.5. The van der Waals surface area contributed by atoms with Crippen LogP contribution in [-0.4, -0.2) is 27.0 Å². The first-order chi connectivity index (χ1) is 8.85. The molecule has 0 aromatic heterocycles. The fraction of sp³-hybridized carbons (Fsp3) is 0.417. The van der Waals surface area contributed by atoms with Gasteiger partial charge in [0.05, 0.1) is 17.9 Å². The van der Waals surface area contributed by atoms with Crippen LogP contribution in [0.25, 0.3) is 0 Å². The Balaban J connectivity index is 2.72. The van der Waals surface area contributed by atoms with Gasteiger partial charge in [0.2, 0.25) is 10.0 Å². The quantitative estimate of drug-likeness (QED) is 0.798. The van der Waals surface area contributed by atoms with E-state index in [2.05, 4.69) is 20.7 Å². The molecule has 1 rings (SSSR count). The van der Waals surface area contributed by atoms with E-state index < -0.39 is 22.0 Å². The Morgan fingerprint density at radius 3 is 2.74 bits per heavy atom. The van der Waals surface area contributed by atoms with E-state index >= 15 is 0 Å². The first-order valence-corrected chi connectivity index (χ1v) is 8.06. The van der Waals surface area contributed by atoms with Gasteiger partial charge in [-0.3, -0.25) is 4.79 Å². The number of sulfonamides is 1. The Hall–Kier alpha value is -0.920. The maximum Gasteiger partial charge on any atom is 0.307 e. The summed E-state index contributed by atoms with van der Waals surface area (Å²) in [5.74, 6) is -0.424. The lowest BCUT2D eigenvalue weighted by Gasteiger charge is -2.13. The molecule has 0 saturated heterocycles. The van der Waals surface area contributed by atoms with Crippen molar-refractivity contribution in [2.75, 3.05) is 6.61 Å². The van der Waals surface area contributed by atoms with Gasteiger partial charge in [0, 0.05) is 10.5 Å². The van der Waals surface area contributed by atoms with Crippen LogP contribution in [0, 0.1) is 0 Å². The highest BCUT2D eigenvalue weighted by Crippen LogP contribution is 2.16. The second kappa shape index (κ2) is 7.02. The highest BCUT2D eigenvalue weighted by molar-refractivity contribution is 9.10. The highest BCUT2D eigenvalue weighted by atomic mass is 79.9. The minimum absolute atomic E-state index is 0.00106. The molecule has 0 bridgehead atoms. The summed E-state index contributed by atoms with van der Waals surface area (Å²) >= 11 is 3.22. The fourth-order valence-electron chi connectivity index (χ4n) is 1.48. The average Bonchev–Trinajstić information content (AvgIpc) is 2.28. The van der Waals surface area contributed by atoms with Gasteiger partial charge in [-0.05, 0) is 32.0 Å². The van der Waals surface area contributed by atoms with Crippen molar-refractivity contribution in [3.63, 3.8) is 0 Å². The van der Waals surface area contributed by atoms with E-state index in [1.54, 1.807) is 26.0 Å². The van der Waals surface area contributed by atoms with Gasteiger partial charge >= 0.3 is 5.97 Å². The lowest BCUT2D eigenvalue weighted by molar-refractivity contribution is -0.143. The molecule has 0 radical (unpaired) electrons. The number of carbonyl (C=O) groups excluding carboxylic acids is 1. The molecule has 0 amide bonds. The molecule has 1 unspecified atom stereocenters. The molecule has 0 aliphatic heterocycles. The smallest absolute Gasteiger partial charge is 0.307 e. The van der Waals surface area contributed by atoms with Crippen LogP contribution < -0.4 is 4.72 Å². The van der Waals surface area contributed by atoms with E-state index in [1.807, 2.05) is 0 Å². The van der Waals surface area contributed by atoms with Gasteiger partial charge in [0.15, 0.2) is 0 Å². The number of nitrogens with one attached hydrogen (secondary N) is 1. The number of hydrogen-bond donors (Lipinski definition) is 1. The van der Waals surface area contributed by atoms with Gasteiger partial charge in [0.1, 0.15) is 0 Å². The van der Waals surface area contributed by atoms with E-state index in [0.717, 1.165) is 0 Å². The van der Waals surface area contributed by atoms with Crippen molar-refractivity contribution in [1.82, 2.24) is 4.72 Å². The predicted molar refractivity (Wildman–Crippen MR) is 75.2 cm³/mol. The molecular weight excluding hydrogens is 334 g/mol. The summed E-state index contributed by atoms with van der Waals surface area (Å²) in [6.45, 7) is 3.60. The third-order valence-corrected chi connectivity index (χ3v) is 4.32. The summed E-state index contributed by atoms with van der Waals surface area (Å²) in [7, 11) is -3.63. The normalized spacial score (nSPS) is 13.0. The largest absolute Gasteiger partial charge is 0.466 e. The maximum absolute atomic E-state index is 12.1. The van der Waals surface area contributed by atoms with E-state index in [1.165, 1.54) is 12.1 Å². The van der Waals surface area contributed by atoms with Gasteiger partial charge in [-0.2, -0.15) is 0 Å². The van der Waals surface area contributed by atoms with Crippen LogP contribution in [0.4, 0.5) is 0 Å². The Morgan fingerprint density at radius 2 is 2.16 bits per heavy atom. The third-order valence-electron chi connectivity index (χ3n) is 2.24. The first-order valence-electron chi connectivity index (χ1n) is 5.78. The van der Waals surface area contributed by atoms with Gasteiger partial charge in [-0.25, -0.2) is 13.1 Å². The third kappa shape index (κ3) is 5.30. The summed E-state index contributed by atoms with van der Waals surface area (Å²) in [4.78, 5) is 11.4. The average molecular weight is 350 g/mol. The molecule has 0 aliphatic rings. The van der Waals surface area contributed by atoms with Gasteiger partial charge in [-0.1, -0.05) is 22.0 Å². The summed E-state index contributed by atoms with van der Waals surface area (Å²) < 4.78 is 32.0. The Kier molecular flexibility index (Phi) is 5.96. The van der Waals surface area contributed by atoms with Crippen molar-refractivity contribution in [3.05, 3.63) is 28.7 Å². The van der Waals surface area contributed by atoms with Crippen LogP contribution in [0.15, 0.2) is 33.6 Å². The van der Waals surface area contributed by atoms with Crippen LogP contribution in [0.2, 0.25) is 0 Å². The Bertz CT molecular complexity index is 544. The van der Waals surface area contributed by atoms with Gasteiger partial charge < -0.3 is 4.74 Å². The van der Waals surface area contributed by atoms with Gasteiger partial charge in [0.25, 0.3) is 0 Å². The number of rotatable bonds is 6. The number of carbonyl (C=O) groups is 1. The fourth-order valence-corrected chi connectivity index (χ4v) is 3.32. The number of halogens is 1. The summed E-state index contributed by atoms with van der Waals surface area (Å²) in [6, 6.07) is 5.84.